The normalized spacial score (nSPS) is 22.6. The minimum absolute atomic E-state index is 0.0936. The van der Waals surface area contributed by atoms with E-state index >= 15 is 0 Å². The molecule has 0 spiro atoms. The Labute approximate surface area is 128 Å². The molecule has 0 radical (unpaired) electrons. The molecule has 2 rings (SSSR count). The van der Waals surface area contributed by atoms with Crippen LogP contribution in [0.4, 0.5) is 18.9 Å². The topological polar surface area (TPSA) is 29.3 Å². The van der Waals surface area contributed by atoms with Gasteiger partial charge in [0.05, 0.1) is 5.56 Å². The van der Waals surface area contributed by atoms with E-state index in [-0.39, 0.29) is 10.6 Å². The average Bonchev–Trinajstić information content (AvgIpc) is 2.78. The number of anilines is 1. The molecule has 1 aromatic carbocycles. The monoisotopic (exact) mass is 316 g/mol. The van der Waals surface area contributed by atoms with Gasteiger partial charge in [0.1, 0.15) is 4.99 Å². The number of nitrogens with zero attached hydrogens (tertiary/aromatic N) is 1. The maximum absolute atomic E-state index is 13.0. The van der Waals surface area contributed by atoms with Gasteiger partial charge >= 0.3 is 6.18 Å². The van der Waals surface area contributed by atoms with E-state index < -0.39 is 11.7 Å². The molecule has 2 atom stereocenters. The molecule has 1 fully saturated rings. The third-order valence-electron chi connectivity index (χ3n) is 4.13. The first-order valence-electron chi connectivity index (χ1n) is 7.05. The molecule has 1 aliphatic heterocycles. The van der Waals surface area contributed by atoms with Crippen molar-refractivity contribution in [2.24, 2.45) is 5.73 Å². The second kappa shape index (κ2) is 5.83. The van der Waals surface area contributed by atoms with Crippen LogP contribution in [0.2, 0.25) is 0 Å². The smallest absolute Gasteiger partial charge is 0.389 e. The summed E-state index contributed by atoms with van der Waals surface area (Å²) in [4.78, 5) is 1.96. The molecule has 0 bridgehead atoms. The summed E-state index contributed by atoms with van der Waals surface area (Å²) in [5, 5.41) is 0. The number of benzene rings is 1. The molecule has 0 aliphatic carbocycles. The molecule has 2 unspecified atom stereocenters. The zero-order valence-electron chi connectivity index (χ0n) is 12.1. The Bertz CT molecular complexity index is 542. The van der Waals surface area contributed by atoms with Crippen LogP contribution in [0.25, 0.3) is 0 Å². The number of thiocarbonyl (C=S) groups is 1. The molecule has 0 saturated carbocycles. The number of alkyl halides is 3. The highest BCUT2D eigenvalue weighted by atomic mass is 32.1. The van der Waals surface area contributed by atoms with Gasteiger partial charge in [-0.25, -0.2) is 0 Å². The molecule has 6 heteroatoms. The van der Waals surface area contributed by atoms with Crippen molar-refractivity contribution >= 4 is 22.9 Å². The van der Waals surface area contributed by atoms with Crippen LogP contribution in [0.3, 0.4) is 0 Å². The van der Waals surface area contributed by atoms with Crippen LogP contribution in [0.5, 0.6) is 0 Å². The van der Waals surface area contributed by atoms with Crippen molar-refractivity contribution < 1.29 is 13.2 Å². The predicted molar refractivity (Wildman–Crippen MR) is 82.6 cm³/mol. The minimum Gasteiger partial charge on any atom is -0.389 e. The highest BCUT2D eigenvalue weighted by molar-refractivity contribution is 7.80. The number of halogens is 3. The fourth-order valence-corrected chi connectivity index (χ4v) is 3.25. The zero-order chi connectivity index (χ0) is 15.8. The van der Waals surface area contributed by atoms with Crippen LogP contribution in [0.1, 0.15) is 44.2 Å². The van der Waals surface area contributed by atoms with Crippen LogP contribution in [-0.4, -0.2) is 17.1 Å². The highest BCUT2D eigenvalue weighted by Crippen LogP contribution is 2.37. The van der Waals surface area contributed by atoms with Crippen molar-refractivity contribution in [3.05, 3.63) is 29.3 Å². The SMILES string of the molecule is CCC1CCC(C)N1c1ccc(C(F)(F)F)c(C(N)=S)c1. The van der Waals surface area contributed by atoms with E-state index in [1.807, 2.05) is 0 Å². The van der Waals surface area contributed by atoms with Crippen molar-refractivity contribution in [2.45, 2.75) is 51.4 Å². The molecule has 1 saturated heterocycles. The summed E-state index contributed by atoms with van der Waals surface area (Å²) in [6.07, 6.45) is -1.38. The summed E-state index contributed by atoms with van der Waals surface area (Å²) in [6.45, 7) is 4.18. The van der Waals surface area contributed by atoms with Gasteiger partial charge in [-0.1, -0.05) is 19.1 Å². The third-order valence-corrected chi connectivity index (χ3v) is 4.35. The van der Waals surface area contributed by atoms with Gasteiger partial charge in [0.25, 0.3) is 0 Å². The van der Waals surface area contributed by atoms with Gasteiger partial charge in [0.2, 0.25) is 0 Å². The van der Waals surface area contributed by atoms with E-state index in [0.29, 0.717) is 12.1 Å². The third kappa shape index (κ3) is 3.15. The van der Waals surface area contributed by atoms with Crippen molar-refractivity contribution in [3.8, 4) is 0 Å². The Morgan fingerprint density at radius 1 is 1.38 bits per heavy atom. The summed E-state index contributed by atoms with van der Waals surface area (Å²) >= 11 is 4.80. The Morgan fingerprint density at radius 3 is 2.57 bits per heavy atom. The van der Waals surface area contributed by atoms with Crippen LogP contribution in [0.15, 0.2) is 18.2 Å². The van der Waals surface area contributed by atoms with Crippen molar-refractivity contribution in [2.75, 3.05) is 4.90 Å². The maximum Gasteiger partial charge on any atom is 0.417 e. The van der Waals surface area contributed by atoms with Gasteiger partial charge in [-0.05, 0) is 44.4 Å². The van der Waals surface area contributed by atoms with Gasteiger partial charge < -0.3 is 10.6 Å². The Balaban J connectivity index is 2.47. The van der Waals surface area contributed by atoms with E-state index in [1.165, 1.54) is 12.1 Å². The Kier molecular flexibility index (Phi) is 4.46. The highest BCUT2D eigenvalue weighted by Gasteiger charge is 2.35. The maximum atomic E-state index is 13.0. The first-order valence-corrected chi connectivity index (χ1v) is 7.46. The second-order valence-corrected chi connectivity index (χ2v) is 5.93. The number of hydrogen-bond acceptors (Lipinski definition) is 2. The summed E-state index contributed by atoms with van der Waals surface area (Å²) < 4.78 is 39.0. The molecule has 2 nitrogen and oxygen atoms in total. The molecule has 1 aliphatic rings. The van der Waals surface area contributed by atoms with E-state index in [9.17, 15) is 13.2 Å². The summed E-state index contributed by atoms with van der Waals surface area (Å²) in [5.74, 6) is 0. The van der Waals surface area contributed by atoms with Gasteiger partial charge in [0, 0.05) is 23.3 Å². The van der Waals surface area contributed by atoms with E-state index in [0.717, 1.165) is 31.0 Å². The fraction of sp³-hybridized carbons (Fsp3) is 0.533. The lowest BCUT2D eigenvalue weighted by Gasteiger charge is -2.31. The molecule has 1 heterocycles. The van der Waals surface area contributed by atoms with Crippen molar-refractivity contribution in [1.82, 2.24) is 0 Å². The van der Waals surface area contributed by atoms with Crippen molar-refractivity contribution in [3.63, 3.8) is 0 Å². The molecule has 0 aromatic heterocycles. The lowest BCUT2D eigenvalue weighted by Crippen LogP contribution is -2.34. The molecule has 21 heavy (non-hydrogen) atoms. The molecular formula is C15H19F3N2S. The molecule has 0 amide bonds. The van der Waals surface area contributed by atoms with E-state index in [1.54, 1.807) is 0 Å². The fourth-order valence-electron chi connectivity index (χ4n) is 3.08. The first kappa shape index (κ1) is 16.1. The standard InChI is InChI=1S/C15H19F3N2S/c1-3-10-5-4-9(2)20(10)11-6-7-13(15(16,17)18)12(8-11)14(19)21/h6-10H,3-5H2,1-2H3,(H2,19,21). The van der Waals surface area contributed by atoms with Crippen molar-refractivity contribution in [1.29, 1.82) is 0 Å². The van der Waals surface area contributed by atoms with Gasteiger partial charge in [0.15, 0.2) is 0 Å². The van der Waals surface area contributed by atoms with Gasteiger partial charge in [-0.15, -0.1) is 0 Å². The van der Waals surface area contributed by atoms with Crippen LogP contribution in [-0.2, 0) is 6.18 Å². The molecule has 2 N–H and O–H groups in total. The molecule has 1 aromatic rings. The number of rotatable bonds is 3. The van der Waals surface area contributed by atoms with Crippen LogP contribution >= 0.6 is 12.2 Å². The predicted octanol–water partition coefficient (Wildman–Crippen LogP) is 4.11. The molecule has 116 valence electrons. The number of nitrogens with two attached hydrogens (primary N) is 1. The minimum atomic E-state index is -4.45. The lowest BCUT2D eigenvalue weighted by atomic mass is 10.0. The van der Waals surface area contributed by atoms with E-state index in [4.69, 9.17) is 18.0 Å². The van der Waals surface area contributed by atoms with Crippen LogP contribution in [0, 0.1) is 0 Å². The summed E-state index contributed by atoms with van der Waals surface area (Å²) in [6, 6.07) is 4.76. The Morgan fingerprint density at radius 2 is 2.05 bits per heavy atom. The summed E-state index contributed by atoms with van der Waals surface area (Å²) in [7, 11) is 0. The largest absolute Gasteiger partial charge is 0.417 e. The van der Waals surface area contributed by atoms with E-state index in [2.05, 4.69) is 18.7 Å². The van der Waals surface area contributed by atoms with Gasteiger partial charge in [-0.2, -0.15) is 13.2 Å². The quantitative estimate of drug-likeness (QED) is 0.851. The lowest BCUT2D eigenvalue weighted by molar-refractivity contribution is -0.137. The zero-order valence-corrected chi connectivity index (χ0v) is 12.9. The second-order valence-electron chi connectivity index (χ2n) is 5.49. The molecular weight excluding hydrogens is 297 g/mol. The van der Waals surface area contributed by atoms with Gasteiger partial charge in [-0.3, -0.25) is 0 Å². The average molecular weight is 316 g/mol. The number of hydrogen-bond donors (Lipinski definition) is 1. The first-order chi connectivity index (χ1) is 9.75. The van der Waals surface area contributed by atoms with Crippen LogP contribution < -0.4 is 10.6 Å². The Hall–Kier alpha value is -1.30. The summed E-state index contributed by atoms with van der Waals surface area (Å²) in [5.41, 5.74) is 5.40.